The number of ether oxygens (including phenoxy) is 2. The number of hydrogen-bond donors (Lipinski definition) is 1. The van der Waals surface area contributed by atoms with E-state index in [1.807, 2.05) is 84.9 Å². The summed E-state index contributed by atoms with van der Waals surface area (Å²) in [6, 6.07) is 27.5. The minimum absolute atomic E-state index is 0.258. The summed E-state index contributed by atoms with van der Waals surface area (Å²) in [4.78, 5) is 12.3. The first-order valence-corrected chi connectivity index (χ1v) is 12.4. The number of carbonyl (C=O) groups excluding carboxylic acids is 1. The molecule has 0 spiro atoms. The molecule has 0 aliphatic carbocycles. The van der Waals surface area contributed by atoms with Crippen molar-refractivity contribution in [3.63, 3.8) is 0 Å². The molecule has 3 aromatic carbocycles. The highest BCUT2D eigenvalue weighted by atomic mass is 32.4. The van der Waals surface area contributed by atoms with Crippen LogP contribution in [0.1, 0.15) is 11.6 Å². The number of esters is 1. The van der Waals surface area contributed by atoms with Crippen molar-refractivity contribution < 1.29 is 14.3 Å². The number of benzene rings is 3. The van der Waals surface area contributed by atoms with Gasteiger partial charge in [0, 0.05) is 16.2 Å². The fourth-order valence-corrected chi connectivity index (χ4v) is 7.16. The molecule has 1 heterocycles. The Bertz CT molecular complexity index is 1070. The Morgan fingerprint density at radius 2 is 1.50 bits per heavy atom. The van der Waals surface area contributed by atoms with Crippen LogP contribution in [0.5, 0.6) is 5.75 Å². The lowest BCUT2D eigenvalue weighted by Gasteiger charge is -2.30. The predicted octanol–water partition coefficient (Wildman–Crippen LogP) is 3.85. The highest BCUT2D eigenvalue weighted by Gasteiger charge is 2.41. The summed E-state index contributed by atoms with van der Waals surface area (Å²) < 4.78 is 11.0. The molecule has 0 fully saturated rings. The molecule has 4 nitrogen and oxygen atoms in total. The van der Waals surface area contributed by atoms with Gasteiger partial charge in [0.1, 0.15) is 11.9 Å². The topological polar surface area (TPSA) is 47.6 Å². The minimum atomic E-state index is -2.43. The number of carbonyl (C=O) groups is 1. The molecule has 0 unspecified atom stereocenters. The Hall–Kier alpha value is -2.72. The van der Waals surface area contributed by atoms with Crippen molar-refractivity contribution in [1.82, 2.24) is 5.09 Å². The zero-order valence-electron chi connectivity index (χ0n) is 16.5. The molecule has 0 aromatic heterocycles. The van der Waals surface area contributed by atoms with Crippen molar-refractivity contribution >= 4 is 34.6 Å². The van der Waals surface area contributed by atoms with E-state index in [2.05, 4.69) is 11.7 Å². The largest absolute Gasteiger partial charge is 0.483 e. The van der Waals surface area contributed by atoms with Crippen LogP contribution in [0.15, 0.2) is 97.1 Å². The molecule has 152 valence electrons. The number of nitrogens with one attached hydrogen (secondary N) is 1. The van der Waals surface area contributed by atoms with Crippen LogP contribution in [0.4, 0.5) is 0 Å². The Morgan fingerprint density at radius 1 is 0.967 bits per heavy atom. The van der Waals surface area contributed by atoms with Gasteiger partial charge in [-0.2, -0.15) is 0 Å². The van der Waals surface area contributed by atoms with Gasteiger partial charge in [-0.25, -0.2) is 4.79 Å². The van der Waals surface area contributed by atoms with Gasteiger partial charge in [0.05, 0.1) is 24.9 Å². The number of para-hydroxylation sites is 1. The van der Waals surface area contributed by atoms with E-state index in [0.29, 0.717) is 5.75 Å². The highest BCUT2D eigenvalue weighted by molar-refractivity contribution is 8.20. The first-order valence-electron chi connectivity index (χ1n) is 9.56. The summed E-state index contributed by atoms with van der Waals surface area (Å²) >= 11 is 6.33. The summed E-state index contributed by atoms with van der Waals surface area (Å²) in [5.74, 6) is 0.222. The van der Waals surface area contributed by atoms with E-state index in [9.17, 15) is 4.79 Å². The van der Waals surface area contributed by atoms with Crippen LogP contribution >= 0.6 is 6.19 Å². The molecule has 30 heavy (non-hydrogen) atoms. The Kier molecular flexibility index (Phi) is 5.87. The van der Waals surface area contributed by atoms with Crippen molar-refractivity contribution in [3.8, 4) is 5.75 Å². The van der Waals surface area contributed by atoms with Crippen molar-refractivity contribution in [2.75, 3.05) is 7.11 Å². The average Bonchev–Trinajstić information content (AvgIpc) is 3.17. The van der Waals surface area contributed by atoms with Gasteiger partial charge < -0.3 is 9.47 Å². The number of rotatable bonds is 6. The highest BCUT2D eigenvalue weighted by Crippen LogP contribution is 2.48. The molecule has 4 rings (SSSR count). The van der Waals surface area contributed by atoms with Crippen LogP contribution in [-0.4, -0.2) is 19.2 Å². The Labute approximate surface area is 181 Å². The summed E-state index contributed by atoms with van der Waals surface area (Å²) in [6.07, 6.45) is -3.04. The lowest BCUT2D eigenvalue weighted by molar-refractivity contribution is -0.137. The van der Waals surface area contributed by atoms with E-state index >= 15 is 0 Å². The third kappa shape index (κ3) is 3.72. The quantitative estimate of drug-likeness (QED) is 0.362. The Morgan fingerprint density at radius 3 is 2.07 bits per heavy atom. The molecule has 1 aliphatic rings. The standard InChI is InChI=1S/C24H22NO3PS/c1-17(24(26)27-2)23-22(20-15-9-10-16-21(20)28-23)25-29(30,18-11-5-3-6-12-18)19-13-7-4-8-14-19/h3-16,22-23H,1H2,2H3,(H,25,30)/t22-,23+/m1/s1. The van der Waals surface area contributed by atoms with Gasteiger partial charge in [0.25, 0.3) is 0 Å². The van der Waals surface area contributed by atoms with E-state index in [1.165, 1.54) is 7.11 Å². The maximum absolute atomic E-state index is 12.3. The monoisotopic (exact) mass is 435 g/mol. The Balaban J connectivity index is 1.82. The van der Waals surface area contributed by atoms with Gasteiger partial charge >= 0.3 is 5.97 Å². The molecule has 0 amide bonds. The number of methoxy groups -OCH3 is 1. The SMILES string of the molecule is C=C(C(=O)OC)[C@@H]1Oc2ccccc2[C@H]1NP(=S)(c1ccccc1)c1ccccc1. The molecule has 0 bridgehead atoms. The second-order valence-corrected chi connectivity index (χ2v) is 11.1. The van der Waals surface area contributed by atoms with Crippen LogP contribution in [0.25, 0.3) is 0 Å². The normalized spacial score (nSPS) is 17.6. The van der Waals surface area contributed by atoms with Crippen molar-refractivity contribution in [2.24, 2.45) is 0 Å². The molecular weight excluding hydrogens is 413 g/mol. The fourth-order valence-electron chi connectivity index (χ4n) is 3.64. The average molecular weight is 435 g/mol. The van der Waals surface area contributed by atoms with Crippen LogP contribution in [0.2, 0.25) is 0 Å². The lowest BCUT2D eigenvalue weighted by Crippen LogP contribution is -2.37. The van der Waals surface area contributed by atoms with Crippen molar-refractivity contribution in [3.05, 3.63) is 103 Å². The summed E-state index contributed by atoms with van der Waals surface area (Å²) in [5, 5.41) is 5.80. The minimum Gasteiger partial charge on any atom is -0.483 e. The summed E-state index contributed by atoms with van der Waals surface area (Å²) in [5.41, 5.74) is 1.21. The fraction of sp³-hybridized carbons (Fsp3) is 0.125. The molecule has 0 radical (unpaired) electrons. The third-order valence-corrected chi connectivity index (χ3v) is 9.44. The number of fused-ring (bicyclic) bond motifs is 1. The summed E-state index contributed by atoms with van der Waals surface area (Å²) in [7, 11) is 1.34. The molecule has 6 heteroatoms. The van der Waals surface area contributed by atoms with Crippen LogP contribution < -0.4 is 20.4 Å². The van der Waals surface area contributed by atoms with Crippen LogP contribution in [0.3, 0.4) is 0 Å². The van der Waals surface area contributed by atoms with E-state index in [1.54, 1.807) is 0 Å². The second-order valence-electron chi connectivity index (χ2n) is 6.98. The second kappa shape index (κ2) is 8.57. The van der Waals surface area contributed by atoms with Crippen molar-refractivity contribution in [1.29, 1.82) is 0 Å². The molecule has 0 saturated carbocycles. The summed E-state index contributed by atoms with van der Waals surface area (Å²) in [6.45, 7) is 3.96. The zero-order chi connectivity index (χ0) is 21.1. The molecular formula is C24H22NO3PS. The van der Waals surface area contributed by atoms with Gasteiger partial charge in [-0.15, -0.1) is 0 Å². The molecule has 1 N–H and O–H groups in total. The van der Waals surface area contributed by atoms with Gasteiger partial charge in [0.2, 0.25) is 0 Å². The molecule has 1 aliphatic heterocycles. The molecule has 0 saturated heterocycles. The maximum Gasteiger partial charge on any atom is 0.336 e. The van der Waals surface area contributed by atoms with E-state index in [0.717, 1.165) is 16.2 Å². The van der Waals surface area contributed by atoms with Crippen LogP contribution in [-0.2, 0) is 21.3 Å². The van der Waals surface area contributed by atoms with Gasteiger partial charge in [0.15, 0.2) is 0 Å². The smallest absolute Gasteiger partial charge is 0.336 e. The third-order valence-electron chi connectivity index (χ3n) is 5.16. The predicted molar refractivity (Wildman–Crippen MR) is 124 cm³/mol. The zero-order valence-corrected chi connectivity index (χ0v) is 18.2. The maximum atomic E-state index is 12.3. The van der Waals surface area contributed by atoms with Crippen molar-refractivity contribution in [2.45, 2.75) is 12.1 Å². The van der Waals surface area contributed by atoms with Gasteiger partial charge in [-0.1, -0.05) is 97.2 Å². The van der Waals surface area contributed by atoms with Crippen LogP contribution in [0, 0.1) is 0 Å². The molecule has 3 aromatic rings. The first-order chi connectivity index (χ1) is 14.5. The van der Waals surface area contributed by atoms with E-state index in [4.69, 9.17) is 21.3 Å². The van der Waals surface area contributed by atoms with E-state index in [-0.39, 0.29) is 11.6 Å². The first kappa shape index (κ1) is 20.5. The van der Waals surface area contributed by atoms with E-state index < -0.39 is 18.3 Å². The molecule has 2 atom stereocenters. The number of hydrogen-bond acceptors (Lipinski definition) is 4. The van der Waals surface area contributed by atoms with Gasteiger partial charge in [-0.05, 0) is 6.07 Å². The lowest BCUT2D eigenvalue weighted by atomic mass is 10.00. The van der Waals surface area contributed by atoms with Gasteiger partial charge in [-0.3, -0.25) is 5.09 Å².